The molecule has 0 atom stereocenters. The highest BCUT2D eigenvalue weighted by Crippen LogP contribution is 2.38. The first kappa shape index (κ1) is 17.5. The summed E-state index contributed by atoms with van der Waals surface area (Å²) in [5, 5.41) is 12.7. The van der Waals surface area contributed by atoms with Crippen LogP contribution in [0.2, 0.25) is 10.0 Å². The summed E-state index contributed by atoms with van der Waals surface area (Å²) in [6.45, 7) is 4.25. The zero-order valence-corrected chi connectivity index (χ0v) is 16.7. The topological polar surface area (TPSA) is 50.9 Å². The Bertz CT molecular complexity index is 1070. The molecule has 4 rings (SSSR count). The average molecular weight is 406 g/mol. The van der Waals surface area contributed by atoms with E-state index in [-0.39, 0.29) is 0 Å². The summed E-state index contributed by atoms with van der Waals surface area (Å²) >= 11 is 17.6. The van der Waals surface area contributed by atoms with Gasteiger partial charge in [0.1, 0.15) is 0 Å². The van der Waals surface area contributed by atoms with Crippen LogP contribution < -0.4 is 0 Å². The molecular weight excluding hydrogens is 389 g/mol. The molecule has 0 unspecified atom stereocenters. The van der Waals surface area contributed by atoms with Crippen LogP contribution in [0.3, 0.4) is 0 Å². The molecule has 1 fully saturated rings. The summed E-state index contributed by atoms with van der Waals surface area (Å²) in [5.74, 6) is 0.545. The Hall–Kier alpha value is -1.89. The highest BCUT2D eigenvalue weighted by atomic mass is 35.5. The summed E-state index contributed by atoms with van der Waals surface area (Å²) in [4.78, 5) is 0. The SMILES string of the molecule is Cc1cc(/C=N/n2c(-c3ccc(Cl)cc3Cl)n[nH]c2=S)c(C)n1C1CC1. The molecule has 134 valence electrons. The lowest BCUT2D eigenvalue weighted by Crippen LogP contribution is -2.00. The minimum atomic E-state index is 0.401. The lowest BCUT2D eigenvalue weighted by Gasteiger charge is -2.06. The van der Waals surface area contributed by atoms with Gasteiger partial charge in [0.2, 0.25) is 4.77 Å². The summed E-state index contributed by atoms with van der Waals surface area (Å²) in [5.41, 5.74) is 4.26. The molecule has 0 radical (unpaired) electrons. The van der Waals surface area contributed by atoms with Crippen molar-refractivity contribution in [1.82, 2.24) is 19.4 Å². The van der Waals surface area contributed by atoms with Crippen LogP contribution in [0.15, 0.2) is 29.4 Å². The molecule has 3 aromatic rings. The molecule has 0 amide bonds. The van der Waals surface area contributed by atoms with Crippen LogP contribution in [0, 0.1) is 18.6 Å². The lowest BCUT2D eigenvalue weighted by molar-refractivity contribution is 0.699. The maximum Gasteiger partial charge on any atom is 0.216 e. The van der Waals surface area contributed by atoms with Crippen molar-refractivity contribution < 1.29 is 0 Å². The van der Waals surface area contributed by atoms with Gasteiger partial charge in [-0.3, -0.25) is 0 Å². The normalized spacial score (nSPS) is 14.5. The second kappa shape index (κ2) is 6.68. The van der Waals surface area contributed by atoms with Gasteiger partial charge in [0.15, 0.2) is 5.82 Å². The largest absolute Gasteiger partial charge is 0.345 e. The second-order valence-electron chi connectivity index (χ2n) is 6.46. The van der Waals surface area contributed by atoms with Gasteiger partial charge in [0.25, 0.3) is 0 Å². The summed E-state index contributed by atoms with van der Waals surface area (Å²) in [6.07, 6.45) is 4.32. The molecule has 1 aliphatic rings. The Morgan fingerprint density at radius 1 is 1.27 bits per heavy atom. The van der Waals surface area contributed by atoms with Gasteiger partial charge in [-0.05, 0) is 63.2 Å². The molecule has 1 N–H and O–H groups in total. The molecule has 2 heterocycles. The van der Waals surface area contributed by atoms with E-state index < -0.39 is 0 Å². The van der Waals surface area contributed by atoms with Crippen molar-refractivity contribution in [3.8, 4) is 11.4 Å². The predicted molar refractivity (Wildman–Crippen MR) is 108 cm³/mol. The van der Waals surface area contributed by atoms with E-state index in [1.807, 2.05) is 6.21 Å². The highest BCUT2D eigenvalue weighted by Gasteiger charge is 2.26. The Balaban J connectivity index is 1.74. The van der Waals surface area contributed by atoms with Crippen LogP contribution >= 0.6 is 35.4 Å². The molecule has 26 heavy (non-hydrogen) atoms. The van der Waals surface area contributed by atoms with E-state index in [1.165, 1.54) is 24.2 Å². The number of halogens is 2. The first-order valence-electron chi connectivity index (χ1n) is 8.31. The molecule has 8 heteroatoms. The van der Waals surface area contributed by atoms with Crippen molar-refractivity contribution in [3.63, 3.8) is 0 Å². The van der Waals surface area contributed by atoms with Gasteiger partial charge < -0.3 is 4.57 Å². The maximum atomic E-state index is 6.31. The number of nitrogens with zero attached hydrogens (tertiary/aromatic N) is 4. The standard InChI is InChI=1S/C18H17Cl2N5S/c1-10-7-12(11(2)24(10)14-4-5-14)9-21-25-17(22-23-18(25)26)15-6-3-13(19)8-16(15)20/h3,6-9,14H,4-5H2,1-2H3,(H,23,26)/b21-9+. The molecule has 0 saturated heterocycles. The number of hydrogen-bond donors (Lipinski definition) is 1. The minimum absolute atomic E-state index is 0.401. The molecule has 0 aliphatic heterocycles. The van der Waals surface area contributed by atoms with E-state index in [9.17, 15) is 0 Å². The molecule has 0 spiro atoms. The summed E-state index contributed by atoms with van der Waals surface area (Å²) in [6, 6.07) is 8.03. The monoisotopic (exact) mass is 405 g/mol. The summed E-state index contributed by atoms with van der Waals surface area (Å²) < 4.78 is 4.36. The first-order valence-corrected chi connectivity index (χ1v) is 9.47. The fraction of sp³-hybridized carbons (Fsp3) is 0.278. The number of nitrogens with one attached hydrogen (secondary N) is 1. The molecule has 1 saturated carbocycles. The zero-order chi connectivity index (χ0) is 18.4. The fourth-order valence-corrected chi connectivity index (χ4v) is 3.86. The molecular formula is C18H17Cl2N5S. The van der Waals surface area contributed by atoms with E-state index >= 15 is 0 Å². The molecule has 1 aromatic carbocycles. The highest BCUT2D eigenvalue weighted by molar-refractivity contribution is 7.71. The van der Waals surface area contributed by atoms with Gasteiger partial charge in [-0.25, -0.2) is 5.10 Å². The number of hydrogen-bond acceptors (Lipinski definition) is 3. The van der Waals surface area contributed by atoms with E-state index in [4.69, 9.17) is 35.4 Å². The Kier molecular flexibility index (Phi) is 4.50. The average Bonchev–Trinajstić information content (AvgIpc) is 3.29. The fourth-order valence-electron chi connectivity index (χ4n) is 3.19. The van der Waals surface area contributed by atoms with Gasteiger partial charge >= 0.3 is 0 Å². The minimum Gasteiger partial charge on any atom is -0.345 e. The van der Waals surface area contributed by atoms with Gasteiger partial charge in [-0.2, -0.15) is 14.9 Å². The third kappa shape index (κ3) is 3.13. The smallest absolute Gasteiger partial charge is 0.216 e. The van der Waals surface area contributed by atoms with Crippen LogP contribution in [-0.4, -0.2) is 25.7 Å². The van der Waals surface area contributed by atoms with E-state index in [0.29, 0.717) is 32.2 Å². The molecule has 0 bridgehead atoms. The van der Waals surface area contributed by atoms with Gasteiger partial charge in [0, 0.05) is 33.6 Å². The number of aromatic nitrogens is 4. The molecule has 1 aliphatic carbocycles. The van der Waals surface area contributed by atoms with Gasteiger partial charge in [-0.1, -0.05) is 23.2 Å². The predicted octanol–water partition coefficient (Wildman–Crippen LogP) is 5.55. The van der Waals surface area contributed by atoms with Crippen LogP contribution in [0.5, 0.6) is 0 Å². The van der Waals surface area contributed by atoms with Crippen molar-refractivity contribution in [2.75, 3.05) is 0 Å². The lowest BCUT2D eigenvalue weighted by atomic mass is 10.2. The van der Waals surface area contributed by atoms with Crippen LogP contribution in [-0.2, 0) is 0 Å². The third-order valence-electron chi connectivity index (χ3n) is 4.57. The number of benzene rings is 1. The summed E-state index contributed by atoms with van der Waals surface area (Å²) in [7, 11) is 0. The quantitative estimate of drug-likeness (QED) is 0.456. The number of aryl methyl sites for hydroxylation is 1. The third-order valence-corrected chi connectivity index (χ3v) is 5.38. The van der Waals surface area contributed by atoms with Gasteiger partial charge in [-0.15, -0.1) is 0 Å². The van der Waals surface area contributed by atoms with Crippen molar-refractivity contribution in [3.05, 3.63) is 56.0 Å². The van der Waals surface area contributed by atoms with Crippen molar-refractivity contribution in [2.45, 2.75) is 32.7 Å². The van der Waals surface area contributed by atoms with E-state index in [2.05, 4.69) is 39.8 Å². The second-order valence-corrected chi connectivity index (χ2v) is 7.69. The Morgan fingerprint density at radius 3 is 2.73 bits per heavy atom. The first-order chi connectivity index (χ1) is 12.5. The van der Waals surface area contributed by atoms with Crippen LogP contribution in [0.25, 0.3) is 11.4 Å². The Labute approximate surface area is 166 Å². The number of aromatic amines is 1. The maximum absolute atomic E-state index is 6.31. The molecule has 2 aromatic heterocycles. The molecule has 5 nitrogen and oxygen atoms in total. The van der Waals surface area contributed by atoms with Crippen LogP contribution in [0.1, 0.15) is 35.8 Å². The van der Waals surface area contributed by atoms with Crippen molar-refractivity contribution in [1.29, 1.82) is 0 Å². The van der Waals surface area contributed by atoms with Crippen molar-refractivity contribution >= 4 is 41.6 Å². The van der Waals surface area contributed by atoms with Gasteiger partial charge in [0.05, 0.1) is 11.2 Å². The van der Waals surface area contributed by atoms with Crippen molar-refractivity contribution in [2.24, 2.45) is 5.10 Å². The zero-order valence-electron chi connectivity index (χ0n) is 14.3. The number of H-pyrrole nitrogens is 1. The van der Waals surface area contributed by atoms with E-state index in [0.717, 1.165) is 5.56 Å². The number of rotatable bonds is 4. The Morgan fingerprint density at radius 2 is 2.04 bits per heavy atom. The van der Waals surface area contributed by atoms with Crippen LogP contribution in [0.4, 0.5) is 0 Å². The van der Waals surface area contributed by atoms with E-state index in [1.54, 1.807) is 22.9 Å².